The monoisotopic (exact) mass is 223 g/mol. The summed E-state index contributed by atoms with van der Waals surface area (Å²) in [5, 5.41) is 0. The van der Waals surface area contributed by atoms with E-state index in [0.29, 0.717) is 12.3 Å². The Kier molecular flexibility index (Phi) is 4.59. The largest absolute Gasteiger partial charge is 0.461 e. The smallest absolute Gasteiger partial charge is 0.355 e. The number of hydrogen-bond acceptors (Lipinski definition) is 2. The zero-order valence-electron chi connectivity index (χ0n) is 10.6. The van der Waals surface area contributed by atoms with Crippen molar-refractivity contribution < 1.29 is 9.53 Å². The van der Waals surface area contributed by atoms with Crippen molar-refractivity contribution in [2.45, 2.75) is 47.0 Å². The average Bonchev–Trinajstić information content (AvgIpc) is 2.57. The third-order valence-corrected chi connectivity index (χ3v) is 2.82. The van der Waals surface area contributed by atoms with Gasteiger partial charge in [0.25, 0.3) is 0 Å². The summed E-state index contributed by atoms with van der Waals surface area (Å²) in [7, 11) is 0. The van der Waals surface area contributed by atoms with E-state index in [2.05, 4.69) is 25.8 Å². The van der Waals surface area contributed by atoms with E-state index < -0.39 is 0 Å². The number of hydrogen-bond donors (Lipinski definition) is 1. The standard InChI is InChI=1S/C13H21NO2/c1-5-8-11-9(4)10(6-2)12(14-11)13(15)16-7-3/h14H,5-8H2,1-4H3. The van der Waals surface area contributed by atoms with E-state index in [1.807, 2.05) is 6.92 Å². The van der Waals surface area contributed by atoms with Gasteiger partial charge in [-0.2, -0.15) is 0 Å². The van der Waals surface area contributed by atoms with Crippen LogP contribution in [0.15, 0.2) is 0 Å². The molecule has 1 aromatic rings. The molecule has 0 bridgehead atoms. The Morgan fingerprint density at radius 3 is 2.50 bits per heavy atom. The molecule has 0 amide bonds. The maximum absolute atomic E-state index is 11.7. The second-order valence-corrected chi connectivity index (χ2v) is 3.91. The van der Waals surface area contributed by atoms with Gasteiger partial charge in [-0.15, -0.1) is 0 Å². The predicted octanol–water partition coefficient (Wildman–Crippen LogP) is 3.01. The first-order valence-corrected chi connectivity index (χ1v) is 6.03. The van der Waals surface area contributed by atoms with Gasteiger partial charge in [-0.3, -0.25) is 0 Å². The van der Waals surface area contributed by atoms with Crippen LogP contribution in [0.4, 0.5) is 0 Å². The van der Waals surface area contributed by atoms with Crippen LogP contribution >= 0.6 is 0 Å². The number of H-pyrrole nitrogens is 1. The molecule has 0 saturated carbocycles. The summed E-state index contributed by atoms with van der Waals surface area (Å²) in [4.78, 5) is 15.0. The van der Waals surface area contributed by atoms with Gasteiger partial charge >= 0.3 is 5.97 Å². The molecule has 0 aliphatic carbocycles. The lowest BCUT2D eigenvalue weighted by Crippen LogP contribution is -2.07. The van der Waals surface area contributed by atoms with E-state index in [1.165, 1.54) is 11.3 Å². The third-order valence-electron chi connectivity index (χ3n) is 2.82. The van der Waals surface area contributed by atoms with Gasteiger partial charge < -0.3 is 9.72 Å². The first kappa shape index (κ1) is 12.8. The van der Waals surface area contributed by atoms with Crippen LogP contribution < -0.4 is 0 Å². The molecule has 0 radical (unpaired) electrons. The first-order chi connectivity index (χ1) is 7.65. The van der Waals surface area contributed by atoms with Crippen LogP contribution in [0.5, 0.6) is 0 Å². The van der Waals surface area contributed by atoms with Crippen LogP contribution in [0.1, 0.15) is 54.5 Å². The number of aromatic amines is 1. The van der Waals surface area contributed by atoms with Crippen molar-refractivity contribution in [1.29, 1.82) is 0 Å². The maximum Gasteiger partial charge on any atom is 0.355 e. The highest BCUT2D eigenvalue weighted by molar-refractivity contribution is 5.90. The molecule has 0 aliphatic rings. The van der Waals surface area contributed by atoms with Gasteiger partial charge in [0.15, 0.2) is 0 Å². The van der Waals surface area contributed by atoms with E-state index in [9.17, 15) is 4.79 Å². The van der Waals surface area contributed by atoms with E-state index in [-0.39, 0.29) is 5.97 Å². The number of rotatable bonds is 5. The van der Waals surface area contributed by atoms with Crippen LogP contribution in [-0.4, -0.2) is 17.6 Å². The molecule has 16 heavy (non-hydrogen) atoms. The average molecular weight is 223 g/mol. The molecule has 3 nitrogen and oxygen atoms in total. The molecule has 0 spiro atoms. The molecular weight excluding hydrogens is 202 g/mol. The van der Waals surface area contributed by atoms with Crippen molar-refractivity contribution >= 4 is 5.97 Å². The zero-order valence-corrected chi connectivity index (χ0v) is 10.6. The van der Waals surface area contributed by atoms with E-state index in [4.69, 9.17) is 4.74 Å². The fourth-order valence-electron chi connectivity index (χ4n) is 2.01. The van der Waals surface area contributed by atoms with Crippen LogP contribution in [0, 0.1) is 6.92 Å². The summed E-state index contributed by atoms with van der Waals surface area (Å²) in [5.41, 5.74) is 4.13. The second-order valence-electron chi connectivity index (χ2n) is 3.91. The predicted molar refractivity (Wildman–Crippen MR) is 64.9 cm³/mol. The second kappa shape index (κ2) is 5.73. The van der Waals surface area contributed by atoms with Gasteiger partial charge in [0.1, 0.15) is 5.69 Å². The molecule has 90 valence electrons. The molecule has 0 aliphatic heterocycles. The van der Waals surface area contributed by atoms with Gasteiger partial charge in [-0.05, 0) is 37.8 Å². The first-order valence-electron chi connectivity index (χ1n) is 6.03. The summed E-state index contributed by atoms with van der Waals surface area (Å²) in [5.74, 6) is -0.232. The number of carbonyl (C=O) groups is 1. The normalized spacial score (nSPS) is 10.5. The summed E-state index contributed by atoms with van der Waals surface area (Å²) in [6, 6.07) is 0. The summed E-state index contributed by atoms with van der Waals surface area (Å²) in [6.07, 6.45) is 2.92. The number of nitrogens with one attached hydrogen (secondary N) is 1. The Balaban J connectivity index is 3.07. The number of ether oxygens (including phenoxy) is 1. The molecule has 0 unspecified atom stereocenters. The van der Waals surface area contributed by atoms with Crippen molar-refractivity contribution in [1.82, 2.24) is 4.98 Å². The highest BCUT2D eigenvalue weighted by Gasteiger charge is 2.18. The fourth-order valence-corrected chi connectivity index (χ4v) is 2.01. The SMILES string of the molecule is CCCc1[nH]c(C(=O)OCC)c(CC)c1C. The lowest BCUT2D eigenvalue weighted by Gasteiger charge is -2.02. The van der Waals surface area contributed by atoms with Crippen molar-refractivity contribution in [2.24, 2.45) is 0 Å². The van der Waals surface area contributed by atoms with Crippen LogP contribution in [-0.2, 0) is 17.6 Å². The Hall–Kier alpha value is -1.25. The zero-order chi connectivity index (χ0) is 12.1. The summed E-state index contributed by atoms with van der Waals surface area (Å²) < 4.78 is 5.05. The minimum atomic E-state index is -0.232. The van der Waals surface area contributed by atoms with Crippen molar-refractivity contribution in [3.05, 3.63) is 22.5 Å². The van der Waals surface area contributed by atoms with Gasteiger partial charge in [0, 0.05) is 5.69 Å². The minimum Gasteiger partial charge on any atom is -0.461 e. The molecule has 0 saturated heterocycles. The number of aryl methyl sites for hydroxylation is 1. The summed E-state index contributed by atoms with van der Waals surface area (Å²) >= 11 is 0. The van der Waals surface area contributed by atoms with Gasteiger partial charge in [0.2, 0.25) is 0 Å². The van der Waals surface area contributed by atoms with Crippen LogP contribution in [0.25, 0.3) is 0 Å². The topological polar surface area (TPSA) is 42.1 Å². The minimum absolute atomic E-state index is 0.232. The fraction of sp³-hybridized carbons (Fsp3) is 0.615. The molecule has 1 aromatic heterocycles. The highest BCUT2D eigenvalue weighted by Crippen LogP contribution is 2.21. The van der Waals surface area contributed by atoms with Crippen molar-refractivity contribution in [2.75, 3.05) is 6.61 Å². The molecule has 3 heteroatoms. The summed E-state index contributed by atoms with van der Waals surface area (Å²) in [6.45, 7) is 8.52. The molecule has 0 atom stereocenters. The van der Waals surface area contributed by atoms with E-state index in [1.54, 1.807) is 0 Å². The highest BCUT2D eigenvalue weighted by atomic mass is 16.5. The van der Waals surface area contributed by atoms with Gasteiger partial charge in [0.05, 0.1) is 6.61 Å². The maximum atomic E-state index is 11.7. The Bertz CT molecular complexity index is 366. The Labute approximate surface area is 97.2 Å². The van der Waals surface area contributed by atoms with Crippen LogP contribution in [0.2, 0.25) is 0 Å². The van der Waals surface area contributed by atoms with Crippen molar-refractivity contribution in [3.8, 4) is 0 Å². The molecule has 1 N–H and O–H groups in total. The quantitative estimate of drug-likeness (QED) is 0.780. The van der Waals surface area contributed by atoms with E-state index >= 15 is 0 Å². The lowest BCUT2D eigenvalue weighted by atomic mass is 10.1. The van der Waals surface area contributed by atoms with E-state index in [0.717, 1.165) is 24.8 Å². The lowest BCUT2D eigenvalue weighted by molar-refractivity contribution is 0.0519. The van der Waals surface area contributed by atoms with Crippen LogP contribution in [0.3, 0.4) is 0 Å². The Morgan fingerprint density at radius 1 is 1.31 bits per heavy atom. The molecular formula is C13H21NO2. The Morgan fingerprint density at radius 2 is 2.00 bits per heavy atom. The number of esters is 1. The number of aromatic nitrogens is 1. The molecule has 0 aromatic carbocycles. The van der Waals surface area contributed by atoms with Crippen molar-refractivity contribution in [3.63, 3.8) is 0 Å². The molecule has 1 heterocycles. The van der Waals surface area contributed by atoms with Gasteiger partial charge in [-0.25, -0.2) is 4.79 Å². The number of carbonyl (C=O) groups excluding carboxylic acids is 1. The molecule has 0 fully saturated rings. The molecule has 1 rings (SSSR count). The third kappa shape index (κ3) is 2.46. The van der Waals surface area contributed by atoms with Gasteiger partial charge in [-0.1, -0.05) is 20.3 Å².